The SMILES string of the molecule is Cc1c(NC(C)C2CCCC2)cc(Br)cc1C(=O)O. The Morgan fingerprint density at radius 1 is 1.42 bits per heavy atom. The monoisotopic (exact) mass is 325 g/mol. The zero-order chi connectivity index (χ0) is 14.0. The third kappa shape index (κ3) is 3.30. The summed E-state index contributed by atoms with van der Waals surface area (Å²) >= 11 is 3.39. The lowest BCUT2D eigenvalue weighted by Gasteiger charge is -2.23. The van der Waals surface area contributed by atoms with Gasteiger partial charge in [0.05, 0.1) is 5.56 Å². The van der Waals surface area contributed by atoms with Crippen molar-refractivity contribution in [1.82, 2.24) is 0 Å². The van der Waals surface area contributed by atoms with Gasteiger partial charge in [0.15, 0.2) is 0 Å². The minimum Gasteiger partial charge on any atom is -0.478 e. The maximum Gasteiger partial charge on any atom is 0.336 e. The fraction of sp³-hybridized carbons (Fsp3) is 0.533. The molecule has 0 spiro atoms. The van der Waals surface area contributed by atoms with E-state index in [4.69, 9.17) is 0 Å². The first kappa shape index (κ1) is 14.4. The molecule has 19 heavy (non-hydrogen) atoms. The van der Waals surface area contributed by atoms with Crippen LogP contribution in [0, 0.1) is 12.8 Å². The Morgan fingerprint density at radius 3 is 2.63 bits per heavy atom. The molecule has 1 unspecified atom stereocenters. The van der Waals surface area contributed by atoms with E-state index in [0.717, 1.165) is 15.7 Å². The number of carboxylic acids is 1. The van der Waals surface area contributed by atoms with Crippen molar-refractivity contribution in [2.24, 2.45) is 5.92 Å². The molecule has 0 heterocycles. The van der Waals surface area contributed by atoms with E-state index in [9.17, 15) is 9.90 Å². The lowest BCUT2D eigenvalue weighted by atomic mass is 9.98. The number of rotatable bonds is 4. The molecule has 1 aliphatic rings. The van der Waals surface area contributed by atoms with E-state index in [1.807, 2.05) is 13.0 Å². The number of anilines is 1. The molecule has 3 nitrogen and oxygen atoms in total. The quantitative estimate of drug-likeness (QED) is 0.859. The highest BCUT2D eigenvalue weighted by molar-refractivity contribution is 9.10. The average Bonchev–Trinajstić information content (AvgIpc) is 2.86. The van der Waals surface area contributed by atoms with Gasteiger partial charge in [-0.05, 0) is 50.3 Å². The summed E-state index contributed by atoms with van der Waals surface area (Å²) in [5.41, 5.74) is 2.09. The largest absolute Gasteiger partial charge is 0.478 e. The second-order valence-corrected chi connectivity index (χ2v) is 6.32. The van der Waals surface area contributed by atoms with Gasteiger partial charge in [-0.15, -0.1) is 0 Å². The van der Waals surface area contributed by atoms with E-state index in [2.05, 4.69) is 28.2 Å². The van der Waals surface area contributed by atoms with Crippen molar-refractivity contribution >= 4 is 27.6 Å². The van der Waals surface area contributed by atoms with Crippen LogP contribution in [0.2, 0.25) is 0 Å². The Bertz CT molecular complexity index is 481. The molecule has 1 atom stereocenters. The van der Waals surface area contributed by atoms with Crippen molar-refractivity contribution in [1.29, 1.82) is 0 Å². The Labute approximate surface area is 122 Å². The zero-order valence-electron chi connectivity index (χ0n) is 11.4. The Kier molecular flexibility index (Phi) is 4.50. The molecule has 1 aliphatic carbocycles. The number of hydrogen-bond acceptors (Lipinski definition) is 2. The molecule has 1 saturated carbocycles. The summed E-state index contributed by atoms with van der Waals surface area (Å²) in [6, 6.07) is 4.01. The summed E-state index contributed by atoms with van der Waals surface area (Å²) in [6.45, 7) is 4.05. The summed E-state index contributed by atoms with van der Waals surface area (Å²) in [6.07, 6.45) is 5.17. The predicted octanol–water partition coefficient (Wildman–Crippen LogP) is 4.45. The second kappa shape index (κ2) is 5.95. The summed E-state index contributed by atoms with van der Waals surface area (Å²) in [4.78, 5) is 11.2. The summed E-state index contributed by atoms with van der Waals surface area (Å²) in [5.74, 6) is -0.179. The van der Waals surface area contributed by atoms with Gasteiger partial charge in [-0.3, -0.25) is 0 Å². The molecule has 104 valence electrons. The van der Waals surface area contributed by atoms with Crippen LogP contribution in [0.25, 0.3) is 0 Å². The van der Waals surface area contributed by atoms with Crippen molar-refractivity contribution in [2.45, 2.75) is 45.6 Å². The lowest BCUT2D eigenvalue weighted by Crippen LogP contribution is -2.24. The molecule has 1 aromatic carbocycles. The van der Waals surface area contributed by atoms with Crippen LogP contribution in [0.4, 0.5) is 5.69 Å². The number of benzene rings is 1. The molecule has 0 radical (unpaired) electrons. The van der Waals surface area contributed by atoms with Crippen molar-refractivity contribution in [2.75, 3.05) is 5.32 Å². The molecule has 2 N–H and O–H groups in total. The van der Waals surface area contributed by atoms with Crippen LogP contribution in [0.15, 0.2) is 16.6 Å². The van der Waals surface area contributed by atoms with Crippen molar-refractivity contribution in [3.05, 3.63) is 27.7 Å². The Hall–Kier alpha value is -1.03. The molecular formula is C15H20BrNO2. The highest BCUT2D eigenvalue weighted by atomic mass is 79.9. The van der Waals surface area contributed by atoms with E-state index in [1.165, 1.54) is 25.7 Å². The van der Waals surface area contributed by atoms with Crippen LogP contribution >= 0.6 is 15.9 Å². The molecule has 0 amide bonds. The first-order valence-electron chi connectivity index (χ1n) is 6.79. The molecule has 4 heteroatoms. The van der Waals surface area contributed by atoms with Crippen molar-refractivity contribution in [3.8, 4) is 0 Å². The molecule has 2 rings (SSSR count). The average molecular weight is 326 g/mol. The molecule has 0 saturated heterocycles. The second-order valence-electron chi connectivity index (χ2n) is 5.41. The van der Waals surface area contributed by atoms with Gasteiger partial charge in [-0.2, -0.15) is 0 Å². The van der Waals surface area contributed by atoms with Gasteiger partial charge >= 0.3 is 5.97 Å². The smallest absolute Gasteiger partial charge is 0.336 e. The van der Waals surface area contributed by atoms with Gasteiger partial charge in [0.2, 0.25) is 0 Å². The fourth-order valence-corrected chi connectivity index (χ4v) is 3.33. The maximum atomic E-state index is 11.2. The summed E-state index contributed by atoms with van der Waals surface area (Å²) in [5, 5.41) is 12.7. The number of aromatic carboxylic acids is 1. The summed E-state index contributed by atoms with van der Waals surface area (Å²) < 4.78 is 0.802. The maximum absolute atomic E-state index is 11.2. The first-order valence-corrected chi connectivity index (χ1v) is 7.58. The first-order chi connectivity index (χ1) is 8.99. The molecule has 1 aromatic rings. The normalized spacial score (nSPS) is 17.4. The van der Waals surface area contributed by atoms with Gasteiger partial charge in [0, 0.05) is 16.2 Å². The third-order valence-electron chi connectivity index (χ3n) is 4.09. The molecule has 0 aliphatic heterocycles. The Morgan fingerprint density at radius 2 is 2.05 bits per heavy atom. The van der Waals surface area contributed by atoms with E-state index < -0.39 is 5.97 Å². The van der Waals surface area contributed by atoms with E-state index >= 15 is 0 Å². The van der Waals surface area contributed by atoms with Crippen molar-refractivity contribution < 1.29 is 9.90 Å². The van der Waals surface area contributed by atoms with E-state index in [-0.39, 0.29) is 0 Å². The topological polar surface area (TPSA) is 49.3 Å². The van der Waals surface area contributed by atoms with Gasteiger partial charge in [0.25, 0.3) is 0 Å². The van der Waals surface area contributed by atoms with Gasteiger partial charge in [-0.25, -0.2) is 4.79 Å². The van der Waals surface area contributed by atoms with Crippen LogP contribution in [0.5, 0.6) is 0 Å². The molecular weight excluding hydrogens is 306 g/mol. The van der Waals surface area contributed by atoms with Gasteiger partial charge in [-0.1, -0.05) is 28.8 Å². The fourth-order valence-electron chi connectivity index (χ4n) is 2.87. The van der Waals surface area contributed by atoms with Crippen LogP contribution in [0.1, 0.15) is 48.5 Å². The third-order valence-corrected chi connectivity index (χ3v) is 4.55. The molecule has 0 bridgehead atoms. The van der Waals surface area contributed by atoms with Gasteiger partial charge in [0.1, 0.15) is 0 Å². The number of nitrogens with one attached hydrogen (secondary N) is 1. The zero-order valence-corrected chi connectivity index (χ0v) is 13.0. The van der Waals surface area contributed by atoms with Crippen LogP contribution in [0.3, 0.4) is 0 Å². The number of halogens is 1. The van der Waals surface area contributed by atoms with E-state index in [0.29, 0.717) is 17.5 Å². The summed E-state index contributed by atoms with van der Waals surface area (Å²) in [7, 11) is 0. The number of carboxylic acid groups (broad SMARTS) is 1. The number of hydrogen-bond donors (Lipinski definition) is 2. The minimum atomic E-state index is -0.879. The predicted molar refractivity (Wildman–Crippen MR) is 80.9 cm³/mol. The van der Waals surface area contributed by atoms with Crippen LogP contribution in [-0.4, -0.2) is 17.1 Å². The van der Waals surface area contributed by atoms with E-state index in [1.54, 1.807) is 6.07 Å². The molecule has 0 aromatic heterocycles. The van der Waals surface area contributed by atoms with Crippen molar-refractivity contribution in [3.63, 3.8) is 0 Å². The minimum absolute atomic E-state index is 0.357. The molecule has 1 fully saturated rings. The highest BCUT2D eigenvalue weighted by Gasteiger charge is 2.22. The standard InChI is InChI=1S/C15H20BrNO2/c1-9-13(15(18)19)7-12(16)8-14(9)17-10(2)11-5-3-4-6-11/h7-8,10-11,17H,3-6H2,1-2H3,(H,18,19). The van der Waals surface area contributed by atoms with Gasteiger partial charge < -0.3 is 10.4 Å². The van der Waals surface area contributed by atoms with Crippen LogP contribution in [-0.2, 0) is 0 Å². The lowest BCUT2D eigenvalue weighted by molar-refractivity contribution is 0.0696. The number of carbonyl (C=O) groups is 1. The van der Waals surface area contributed by atoms with Crippen LogP contribution < -0.4 is 5.32 Å². The Balaban J connectivity index is 2.21. The highest BCUT2D eigenvalue weighted by Crippen LogP contribution is 2.31.